The number of hydrogen-bond donors (Lipinski definition) is 1. The Labute approximate surface area is 116 Å². The number of benzene rings is 1. The second-order valence-corrected chi connectivity index (χ2v) is 5.12. The molecule has 104 valence electrons. The van der Waals surface area contributed by atoms with Crippen molar-refractivity contribution in [2.75, 3.05) is 38.1 Å². The molecule has 0 radical (unpaired) electrons. The van der Waals surface area contributed by atoms with Gasteiger partial charge >= 0.3 is 0 Å². The van der Waals surface area contributed by atoms with Gasteiger partial charge in [-0.1, -0.05) is 17.7 Å². The molecule has 1 aliphatic rings. The molecule has 1 saturated heterocycles. The lowest BCUT2D eigenvalue weighted by molar-refractivity contribution is -0.384. The van der Waals surface area contributed by atoms with Crippen molar-refractivity contribution >= 4 is 23.0 Å². The summed E-state index contributed by atoms with van der Waals surface area (Å²) in [4.78, 5) is 14.9. The first-order valence-electron chi connectivity index (χ1n) is 6.12. The van der Waals surface area contributed by atoms with Gasteiger partial charge in [0.05, 0.1) is 16.0 Å². The Bertz CT molecular complexity index is 483. The first-order valence-corrected chi connectivity index (χ1v) is 6.50. The van der Waals surface area contributed by atoms with Crippen molar-refractivity contribution in [3.63, 3.8) is 0 Å². The number of likely N-dealkylation sites (N-methyl/N-ethyl adjacent to an activating group) is 1. The van der Waals surface area contributed by atoms with Gasteiger partial charge in [-0.15, -0.1) is 0 Å². The molecule has 0 aliphatic carbocycles. The Kier molecular flexibility index (Phi) is 4.24. The molecule has 1 fully saturated rings. The van der Waals surface area contributed by atoms with Crippen molar-refractivity contribution in [1.82, 2.24) is 4.90 Å². The Hall–Kier alpha value is -1.37. The van der Waals surface area contributed by atoms with Gasteiger partial charge in [0.1, 0.15) is 5.69 Å². The number of para-hydroxylation sites is 1. The minimum atomic E-state index is -0.396. The normalized spacial score (nSPS) is 20.6. The number of nitrogens with two attached hydrogens (primary N) is 1. The second-order valence-electron chi connectivity index (χ2n) is 4.71. The predicted molar refractivity (Wildman–Crippen MR) is 75.8 cm³/mol. The van der Waals surface area contributed by atoms with E-state index in [0.29, 0.717) is 23.8 Å². The van der Waals surface area contributed by atoms with Gasteiger partial charge in [0.15, 0.2) is 0 Å². The van der Waals surface area contributed by atoms with Gasteiger partial charge in [0, 0.05) is 32.2 Å². The average Bonchev–Trinajstić information content (AvgIpc) is 2.38. The number of nitro benzene ring substituents is 1. The first-order chi connectivity index (χ1) is 9.04. The molecule has 0 bridgehead atoms. The number of piperazine rings is 1. The quantitative estimate of drug-likeness (QED) is 0.669. The summed E-state index contributed by atoms with van der Waals surface area (Å²) in [6, 6.07) is 4.79. The van der Waals surface area contributed by atoms with Gasteiger partial charge in [-0.2, -0.15) is 0 Å². The standard InChI is InChI=1S/C12H17ClN4O2/c1-15-5-6-16(9(7-14)8-15)12-10(13)3-2-4-11(12)17(18)19/h2-4,9H,5-8,14H2,1H3. The van der Waals surface area contributed by atoms with Crippen LogP contribution in [0, 0.1) is 10.1 Å². The lowest BCUT2D eigenvalue weighted by Crippen LogP contribution is -2.55. The maximum Gasteiger partial charge on any atom is 0.294 e. The van der Waals surface area contributed by atoms with E-state index < -0.39 is 4.92 Å². The van der Waals surface area contributed by atoms with Gasteiger partial charge in [-0.3, -0.25) is 10.1 Å². The summed E-state index contributed by atoms with van der Waals surface area (Å²) >= 11 is 6.16. The predicted octanol–water partition coefficient (Wildman–Crippen LogP) is 1.33. The average molecular weight is 285 g/mol. The smallest absolute Gasteiger partial charge is 0.294 e. The molecule has 19 heavy (non-hydrogen) atoms. The SMILES string of the molecule is CN1CCN(c2c(Cl)cccc2[N+](=O)[O-])C(CN)C1. The lowest BCUT2D eigenvalue weighted by atomic mass is 10.1. The van der Waals surface area contributed by atoms with E-state index in [-0.39, 0.29) is 11.7 Å². The minimum absolute atomic E-state index is 0.0375. The van der Waals surface area contributed by atoms with Crippen LogP contribution in [0.25, 0.3) is 0 Å². The third-order valence-corrected chi connectivity index (χ3v) is 3.71. The molecule has 1 heterocycles. The molecule has 2 rings (SSSR count). The molecule has 1 aliphatic heterocycles. The number of halogens is 1. The highest BCUT2D eigenvalue weighted by Crippen LogP contribution is 2.37. The minimum Gasteiger partial charge on any atom is -0.358 e. The molecule has 6 nitrogen and oxygen atoms in total. The third kappa shape index (κ3) is 2.80. The van der Waals surface area contributed by atoms with Crippen LogP contribution < -0.4 is 10.6 Å². The van der Waals surface area contributed by atoms with Crippen LogP contribution in [0.3, 0.4) is 0 Å². The summed E-state index contributed by atoms with van der Waals surface area (Å²) in [7, 11) is 2.01. The van der Waals surface area contributed by atoms with Crippen LogP contribution in [-0.2, 0) is 0 Å². The molecule has 7 heteroatoms. The first kappa shape index (κ1) is 14.0. The van der Waals surface area contributed by atoms with Crippen LogP contribution >= 0.6 is 11.6 Å². The van der Waals surface area contributed by atoms with E-state index in [1.807, 2.05) is 11.9 Å². The van der Waals surface area contributed by atoms with Crippen molar-refractivity contribution in [2.45, 2.75) is 6.04 Å². The van der Waals surface area contributed by atoms with Crippen LogP contribution in [0.1, 0.15) is 0 Å². The molecule has 0 aromatic heterocycles. The summed E-state index contributed by atoms with van der Waals surface area (Å²) in [5, 5.41) is 11.6. The van der Waals surface area contributed by atoms with E-state index in [2.05, 4.69) is 4.90 Å². The number of anilines is 1. The largest absolute Gasteiger partial charge is 0.358 e. The van der Waals surface area contributed by atoms with Crippen molar-refractivity contribution in [2.24, 2.45) is 5.73 Å². The van der Waals surface area contributed by atoms with Gasteiger partial charge in [0.2, 0.25) is 0 Å². The number of rotatable bonds is 3. The Balaban J connectivity index is 2.42. The topological polar surface area (TPSA) is 75.6 Å². The van der Waals surface area contributed by atoms with Crippen molar-refractivity contribution in [3.8, 4) is 0 Å². The Morgan fingerprint density at radius 3 is 2.89 bits per heavy atom. The van der Waals surface area contributed by atoms with E-state index in [4.69, 9.17) is 17.3 Å². The molecule has 0 saturated carbocycles. The summed E-state index contributed by atoms with van der Waals surface area (Å²) in [5.41, 5.74) is 6.31. The maximum atomic E-state index is 11.2. The van der Waals surface area contributed by atoms with E-state index in [1.165, 1.54) is 6.07 Å². The summed E-state index contributed by atoms with van der Waals surface area (Å²) in [6.07, 6.45) is 0. The molecule has 0 amide bonds. The highest BCUT2D eigenvalue weighted by atomic mass is 35.5. The van der Waals surface area contributed by atoms with Crippen molar-refractivity contribution in [1.29, 1.82) is 0 Å². The van der Waals surface area contributed by atoms with Gasteiger partial charge in [-0.25, -0.2) is 0 Å². The summed E-state index contributed by atoms with van der Waals surface area (Å²) in [5.74, 6) is 0. The summed E-state index contributed by atoms with van der Waals surface area (Å²) in [6.45, 7) is 2.73. The fraction of sp³-hybridized carbons (Fsp3) is 0.500. The van der Waals surface area contributed by atoms with E-state index in [0.717, 1.165) is 13.1 Å². The molecular weight excluding hydrogens is 268 g/mol. The van der Waals surface area contributed by atoms with E-state index >= 15 is 0 Å². The van der Waals surface area contributed by atoms with Gasteiger partial charge < -0.3 is 15.5 Å². The number of nitro groups is 1. The van der Waals surface area contributed by atoms with Crippen molar-refractivity contribution < 1.29 is 4.92 Å². The Morgan fingerprint density at radius 2 is 2.26 bits per heavy atom. The van der Waals surface area contributed by atoms with Crippen LogP contribution in [0.4, 0.5) is 11.4 Å². The zero-order chi connectivity index (χ0) is 14.0. The highest BCUT2D eigenvalue weighted by Gasteiger charge is 2.30. The highest BCUT2D eigenvalue weighted by molar-refractivity contribution is 6.33. The van der Waals surface area contributed by atoms with E-state index in [1.54, 1.807) is 12.1 Å². The molecular formula is C12H17ClN4O2. The lowest BCUT2D eigenvalue weighted by Gasteiger charge is -2.40. The maximum absolute atomic E-state index is 11.2. The number of hydrogen-bond acceptors (Lipinski definition) is 5. The molecule has 1 atom stereocenters. The number of nitrogens with zero attached hydrogens (tertiary/aromatic N) is 3. The van der Waals surface area contributed by atoms with Crippen LogP contribution in [0.5, 0.6) is 0 Å². The van der Waals surface area contributed by atoms with Gasteiger partial charge in [-0.05, 0) is 13.1 Å². The zero-order valence-corrected chi connectivity index (χ0v) is 11.5. The third-order valence-electron chi connectivity index (χ3n) is 3.41. The summed E-state index contributed by atoms with van der Waals surface area (Å²) < 4.78 is 0. The van der Waals surface area contributed by atoms with E-state index in [9.17, 15) is 10.1 Å². The fourth-order valence-corrected chi connectivity index (χ4v) is 2.72. The van der Waals surface area contributed by atoms with Crippen LogP contribution in [0.15, 0.2) is 18.2 Å². The molecule has 1 aromatic rings. The monoisotopic (exact) mass is 284 g/mol. The van der Waals surface area contributed by atoms with Crippen molar-refractivity contribution in [3.05, 3.63) is 33.3 Å². The van der Waals surface area contributed by atoms with Gasteiger partial charge in [0.25, 0.3) is 5.69 Å². The Morgan fingerprint density at radius 1 is 1.53 bits per heavy atom. The zero-order valence-electron chi connectivity index (χ0n) is 10.8. The van der Waals surface area contributed by atoms with Crippen LogP contribution in [0.2, 0.25) is 5.02 Å². The second kappa shape index (κ2) is 5.73. The molecule has 1 aromatic carbocycles. The molecule has 1 unspecified atom stereocenters. The molecule has 2 N–H and O–H groups in total. The fourth-order valence-electron chi connectivity index (χ4n) is 2.44. The van der Waals surface area contributed by atoms with Crippen LogP contribution in [-0.4, -0.2) is 49.1 Å². The molecule has 0 spiro atoms.